The van der Waals surface area contributed by atoms with Crippen molar-refractivity contribution >= 4 is 35.5 Å². The molecule has 3 N–H and O–H groups in total. The van der Waals surface area contributed by atoms with Crippen molar-refractivity contribution in [2.45, 2.75) is 104 Å². The average Bonchev–Trinajstić information content (AvgIpc) is 3.45. The lowest BCUT2D eigenvalue weighted by Gasteiger charge is -2.38. The van der Waals surface area contributed by atoms with Crippen molar-refractivity contribution < 1.29 is 38.6 Å². The van der Waals surface area contributed by atoms with Crippen LogP contribution in [0.15, 0.2) is 12.2 Å². The topological polar surface area (TPSA) is 166 Å². The number of likely N-dealkylation sites (tertiary alicyclic amines) is 1. The average molecular weight is 594 g/mol. The molecule has 0 unspecified atom stereocenters. The Labute approximate surface area is 248 Å². The maximum atomic E-state index is 14.0. The Balaban J connectivity index is 2.37. The van der Waals surface area contributed by atoms with Crippen molar-refractivity contribution in [3.05, 3.63) is 12.2 Å². The first kappa shape index (κ1) is 34.9. The number of carbonyl (C=O) groups excluding carboxylic acids is 6. The minimum atomic E-state index is -1.31. The van der Waals surface area contributed by atoms with Crippen molar-refractivity contribution in [1.82, 2.24) is 25.3 Å². The van der Waals surface area contributed by atoms with Crippen LogP contribution in [0.3, 0.4) is 0 Å². The number of rotatable bonds is 12. The van der Waals surface area contributed by atoms with E-state index < -0.39 is 83.8 Å². The van der Waals surface area contributed by atoms with Crippen molar-refractivity contribution in [2.24, 2.45) is 11.8 Å². The number of carbonyl (C=O) groups is 6. The van der Waals surface area contributed by atoms with Gasteiger partial charge in [-0.1, -0.05) is 33.8 Å². The van der Waals surface area contributed by atoms with E-state index >= 15 is 0 Å². The van der Waals surface area contributed by atoms with Gasteiger partial charge >= 0.3 is 5.97 Å². The fraction of sp³-hybridized carbons (Fsp3) is 0.724. The van der Waals surface area contributed by atoms with E-state index in [-0.39, 0.29) is 18.9 Å². The molecule has 0 aliphatic carbocycles. The van der Waals surface area contributed by atoms with Crippen molar-refractivity contribution in [3.8, 4) is 0 Å². The lowest BCUT2D eigenvalue weighted by atomic mass is 9.98. The molecule has 0 radical (unpaired) electrons. The first-order valence-corrected chi connectivity index (χ1v) is 14.5. The van der Waals surface area contributed by atoms with Crippen LogP contribution in [0.4, 0.5) is 0 Å². The summed E-state index contributed by atoms with van der Waals surface area (Å²) in [6, 6.07) is -4.59. The standard InChI is InChI=1S/C29H47N5O8/c1-15(2)12-21(30-8)26(38)31-24(18(6)42-19(7)35)28(40)32(9)25(16(3)4)29(41)33-14-20(36)13-22(33)27(39)34-17(5)10-11-23(34)37/h10-11,15-18,20-22,24-25,30,36H,12-14H2,1-9H3,(H,31,38)/t17-,18+,20-,21-,22-,24-,25-/m0/s1. The quantitative estimate of drug-likeness (QED) is 0.205. The largest absolute Gasteiger partial charge is 0.460 e. The molecule has 1 saturated heterocycles. The smallest absolute Gasteiger partial charge is 0.302 e. The lowest BCUT2D eigenvalue weighted by Crippen LogP contribution is -2.62. The van der Waals surface area contributed by atoms with Gasteiger partial charge in [0, 0.05) is 33.0 Å². The SMILES string of the molecule is CN[C@@H](CC(C)C)C(=O)N[C@H](C(=O)N(C)[C@H](C(=O)N1C[C@@H](O)C[C@H]1C(=O)N1C(=O)C=C[C@@H]1C)C(C)C)[C@@H](C)OC(C)=O. The molecule has 0 saturated carbocycles. The molecule has 0 aromatic heterocycles. The highest BCUT2D eigenvalue weighted by atomic mass is 16.5. The molecule has 5 amide bonds. The van der Waals surface area contributed by atoms with Gasteiger partial charge in [-0.15, -0.1) is 0 Å². The van der Waals surface area contributed by atoms with Crippen LogP contribution in [-0.2, 0) is 33.5 Å². The predicted octanol–water partition coefficient (Wildman–Crippen LogP) is -0.185. The van der Waals surface area contributed by atoms with Crippen LogP contribution in [0.2, 0.25) is 0 Å². The van der Waals surface area contributed by atoms with E-state index in [1.165, 1.54) is 36.8 Å². The zero-order valence-corrected chi connectivity index (χ0v) is 26.1. The molecule has 0 aromatic carbocycles. The number of esters is 1. The molecular weight excluding hydrogens is 546 g/mol. The molecular formula is C29H47N5O8. The molecule has 0 aromatic rings. The molecule has 7 atom stereocenters. The van der Waals surface area contributed by atoms with E-state index in [4.69, 9.17) is 4.74 Å². The molecule has 42 heavy (non-hydrogen) atoms. The third kappa shape index (κ3) is 8.15. The molecule has 13 heteroatoms. The Bertz CT molecular complexity index is 1080. The van der Waals surface area contributed by atoms with Crippen LogP contribution >= 0.6 is 0 Å². The summed E-state index contributed by atoms with van der Waals surface area (Å²) in [6.45, 7) is 11.6. The van der Waals surface area contributed by atoms with E-state index in [0.717, 1.165) is 4.90 Å². The van der Waals surface area contributed by atoms with E-state index in [0.29, 0.717) is 6.42 Å². The molecule has 0 spiro atoms. The normalized spacial score (nSPS) is 23.1. The van der Waals surface area contributed by atoms with Gasteiger partial charge in [0.05, 0.1) is 18.2 Å². The fourth-order valence-corrected chi connectivity index (χ4v) is 5.57. The predicted molar refractivity (Wildman–Crippen MR) is 153 cm³/mol. The van der Waals surface area contributed by atoms with Gasteiger partial charge < -0.3 is 30.3 Å². The maximum Gasteiger partial charge on any atom is 0.302 e. The minimum Gasteiger partial charge on any atom is -0.460 e. The van der Waals surface area contributed by atoms with Crippen molar-refractivity contribution in [1.29, 1.82) is 0 Å². The monoisotopic (exact) mass is 593 g/mol. The molecule has 2 rings (SSSR count). The number of likely N-dealkylation sites (N-methyl/N-ethyl adjacent to an activating group) is 2. The molecule has 236 valence electrons. The summed E-state index contributed by atoms with van der Waals surface area (Å²) in [5.74, 6) is -3.72. The van der Waals surface area contributed by atoms with Gasteiger partial charge in [-0.3, -0.25) is 33.7 Å². The number of nitrogens with zero attached hydrogens (tertiary/aromatic N) is 3. The summed E-state index contributed by atoms with van der Waals surface area (Å²) in [6.07, 6.45) is 1.27. The number of β-amino-alcohol motifs (C(OH)–C–C–N with tert-alkyl or cyclic N) is 1. The van der Waals surface area contributed by atoms with Gasteiger partial charge in [0.25, 0.3) is 11.8 Å². The van der Waals surface area contributed by atoms with Gasteiger partial charge in [0.1, 0.15) is 24.2 Å². The molecule has 1 fully saturated rings. The summed E-state index contributed by atoms with van der Waals surface area (Å²) < 4.78 is 5.28. The second kappa shape index (κ2) is 14.7. The van der Waals surface area contributed by atoms with Gasteiger partial charge in [0.2, 0.25) is 17.7 Å². The number of ether oxygens (including phenoxy) is 1. The number of aliphatic hydroxyl groups is 1. The van der Waals surface area contributed by atoms with E-state index in [9.17, 15) is 33.9 Å². The second-order valence-corrected chi connectivity index (χ2v) is 12.0. The number of hydrogen-bond donors (Lipinski definition) is 3. The third-order valence-corrected chi connectivity index (χ3v) is 7.65. The van der Waals surface area contributed by atoms with Crippen LogP contribution in [0.25, 0.3) is 0 Å². The van der Waals surface area contributed by atoms with Crippen LogP contribution in [0, 0.1) is 11.8 Å². The molecule has 0 bridgehead atoms. The van der Waals surface area contributed by atoms with Crippen molar-refractivity contribution in [3.63, 3.8) is 0 Å². The first-order chi connectivity index (χ1) is 19.5. The third-order valence-electron chi connectivity index (χ3n) is 7.65. The van der Waals surface area contributed by atoms with Gasteiger partial charge in [-0.05, 0) is 39.2 Å². The summed E-state index contributed by atoms with van der Waals surface area (Å²) >= 11 is 0. The Kier molecular flexibility index (Phi) is 12.2. The summed E-state index contributed by atoms with van der Waals surface area (Å²) in [7, 11) is 3.04. The van der Waals surface area contributed by atoms with Crippen LogP contribution < -0.4 is 10.6 Å². The number of aliphatic hydroxyl groups excluding tert-OH is 1. The summed E-state index contributed by atoms with van der Waals surface area (Å²) in [5.41, 5.74) is 0. The maximum absolute atomic E-state index is 14.0. The molecule has 13 nitrogen and oxygen atoms in total. The van der Waals surface area contributed by atoms with Gasteiger partial charge in [-0.2, -0.15) is 0 Å². The van der Waals surface area contributed by atoms with Crippen LogP contribution in [0.5, 0.6) is 0 Å². The van der Waals surface area contributed by atoms with E-state index in [1.807, 2.05) is 13.8 Å². The lowest BCUT2D eigenvalue weighted by molar-refractivity contribution is -0.157. The highest BCUT2D eigenvalue weighted by molar-refractivity contribution is 6.06. The van der Waals surface area contributed by atoms with E-state index in [2.05, 4.69) is 10.6 Å². The zero-order chi connectivity index (χ0) is 32.0. The van der Waals surface area contributed by atoms with Gasteiger partial charge in [0.15, 0.2) is 0 Å². The highest BCUT2D eigenvalue weighted by Crippen LogP contribution is 2.26. The number of amides is 5. The number of hydrogen-bond acceptors (Lipinski definition) is 9. The first-order valence-electron chi connectivity index (χ1n) is 14.5. The zero-order valence-electron chi connectivity index (χ0n) is 26.1. The molecule has 2 aliphatic heterocycles. The molecule has 2 aliphatic rings. The Morgan fingerprint density at radius 1 is 1.14 bits per heavy atom. The Hall–Kier alpha value is -3.32. The van der Waals surface area contributed by atoms with Crippen molar-refractivity contribution in [2.75, 3.05) is 20.6 Å². The highest BCUT2D eigenvalue weighted by Gasteiger charge is 2.47. The van der Waals surface area contributed by atoms with E-state index in [1.54, 1.807) is 33.9 Å². The summed E-state index contributed by atoms with van der Waals surface area (Å²) in [4.78, 5) is 82.0. The number of imide groups is 1. The van der Waals surface area contributed by atoms with Crippen LogP contribution in [-0.4, -0.2) is 118 Å². The van der Waals surface area contributed by atoms with Crippen LogP contribution in [0.1, 0.15) is 61.3 Å². The Morgan fingerprint density at radius 3 is 2.24 bits per heavy atom. The Morgan fingerprint density at radius 2 is 1.76 bits per heavy atom. The minimum absolute atomic E-state index is 0.0486. The fourth-order valence-electron chi connectivity index (χ4n) is 5.57. The summed E-state index contributed by atoms with van der Waals surface area (Å²) in [5, 5.41) is 16.1. The number of nitrogens with one attached hydrogen (secondary N) is 2. The second-order valence-electron chi connectivity index (χ2n) is 12.0. The molecule has 2 heterocycles. The van der Waals surface area contributed by atoms with Gasteiger partial charge in [-0.25, -0.2) is 0 Å².